The van der Waals surface area contributed by atoms with Crippen LogP contribution in [0.15, 0.2) is 23.6 Å². The Morgan fingerprint density at radius 3 is 2.20 bits per heavy atom. The van der Waals surface area contributed by atoms with Crippen molar-refractivity contribution in [3.63, 3.8) is 0 Å². The minimum Gasteiger partial charge on any atom is -0.400 e. The largest absolute Gasteiger partial charge is 0.400 e. The van der Waals surface area contributed by atoms with Crippen molar-refractivity contribution in [1.82, 2.24) is 0 Å². The molecule has 0 bridgehead atoms. The fourth-order valence-corrected chi connectivity index (χ4v) is 0.383. The van der Waals surface area contributed by atoms with E-state index < -0.39 is 11.8 Å². The molecule has 2 nitrogen and oxygen atoms in total. The molecule has 0 heterocycles. The van der Waals surface area contributed by atoms with Gasteiger partial charge >= 0.3 is 0 Å². The van der Waals surface area contributed by atoms with Crippen molar-refractivity contribution in [2.24, 2.45) is 11.5 Å². The van der Waals surface area contributed by atoms with Crippen LogP contribution in [-0.2, 0) is 0 Å². The summed E-state index contributed by atoms with van der Waals surface area (Å²) in [6.07, 6.45) is 0.897. The maximum absolute atomic E-state index is 12.4. The number of hydrogen-bond acceptors (Lipinski definition) is 2. The van der Waals surface area contributed by atoms with E-state index in [1.807, 2.05) is 0 Å². The highest BCUT2D eigenvalue weighted by atomic mass is 19.1. The number of rotatable bonds is 2. The molecule has 4 heteroatoms. The van der Waals surface area contributed by atoms with E-state index in [2.05, 4.69) is 5.73 Å². The van der Waals surface area contributed by atoms with Crippen LogP contribution in [0, 0.1) is 0 Å². The zero-order valence-electron chi connectivity index (χ0n) is 5.70. The van der Waals surface area contributed by atoms with Gasteiger partial charge in [0.15, 0.2) is 5.95 Å². The van der Waals surface area contributed by atoms with E-state index in [1.165, 1.54) is 0 Å². The van der Waals surface area contributed by atoms with Gasteiger partial charge in [-0.15, -0.1) is 0 Å². The van der Waals surface area contributed by atoms with Crippen molar-refractivity contribution < 1.29 is 8.78 Å². The summed E-state index contributed by atoms with van der Waals surface area (Å²) in [5.41, 5.74) is 9.65. The molecule has 0 unspecified atom stereocenters. The number of hydrogen-bond donors (Lipinski definition) is 2. The normalized spacial score (nSPS) is 14.9. The van der Waals surface area contributed by atoms with Crippen molar-refractivity contribution in [3.8, 4) is 0 Å². The van der Waals surface area contributed by atoms with Crippen molar-refractivity contribution in [2.75, 3.05) is 0 Å². The molecule has 58 valence electrons. The molecular weight excluding hydrogens is 138 g/mol. The third kappa shape index (κ3) is 3.06. The molecule has 0 saturated heterocycles. The number of nitrogens with two attached hydrogens (primary N) is 2. The highest BCUT2D eigenvalue weighted by Crippen LogP contribution is 2.07. The first kappa shape index (κ1) is 8.94. The van der Waals surface area contributed by atoms with Gasteiger partial charge in [-0.2, -0.15) is 4.39 Å². The van der Waals surface area contributed by atoms with E-state index in [0.717, 1.165) is 0 Å². The molecule has 0 aliphatic rings. The third-order valence-corrected chi connectivity index (χ3v) is 0.952. The zero-order chi connectivity index (χ0) is 8.15. The van der Waals surface area contributed by atoms with Gasteiger partial charge in [-0.3, -0.25) is 0 Å². The average molecular weight is 148 g/mol. The summed E-state index contributed by atoms with van der Waals surface area (Å²) in [5.74, 6) is -1.88. The predicted octanol–water partition coefficient (Wildman–Crippen LogP) is 1.31. The molecule has 0 amide bonds. The maximum Gasteiger partial charge on any atom is 0.187 e. The van der Waals surface area contributed by atoms with E-state index in [0.29, 0.717) is 12.5 Å². The van der Waals surface area contributed by atoms with Crippen molar-refractivity contribution in [2.45, 2.75) is 13.3 Å². The molecule has 0 rings (SSSR count). The van der Waals surface area contributed by atoms with E-state index in [4.69, 9.17) is 5.73 Å². The van der Waals surface area contributed by atoms with Crippen LogP contribution in [0.1, 0.15) is 13.3 Å². The first-order valence-corrected chi connectivity index (χ1v) is 2.84. The summed E-state index contributed by atoms with van der Waals surface area (Å²) in [6, 6.07) is 0. The Morgan fingerprint density at radius 1 is 1.40 bits per heavy atom. The molecule has 0 fully saturated rings. The Kier molecular flexibility index (Phi) is 3.46. The second kappa shape index (κ2) is 3.87. The van der Waals surface area contributed by atoms with Crippen molar-refractivity contribution >= 4 is 0 Å². The first-order valence-electron chi connectivity index (χ1n) is 2.84. The average Bonchev–Trinajstić information content (AvgIpc) is 1.85. The van der Waals surface area contributed by atoms with E-state index in [9.17, 15) is 8.78 Å². The third-order valence-electron chi connectivity index (χ3n) is 0.952. The van der Waals surface area contributed by atoms with Crippen molar-refractivity contribution in [3.05, 3.63) is 23.6 Å². The van der Waals surface area contributed by atoms with E-state index in [-0.39, 0.29) is 5.70 Å². The summed E-state index contributed by atoms with van der Waals surface area (Å²) in [7, 11) is 0. The maximum atomic E-state index is 12.4. The first-order chi connectivity index (χ1) is 4.57. The molecule has 0 aromatic rings. The molecule has 0 radical (unpaired) electrons. The van der Waals surface area contributed by atoms with Crippen LogP contribution in [0.25, 0.3) is 0 Å². The van der Waals surface area contributed by atoms with E-state index >= 15 is 0 Å². The minimum atomic E-state index is -1.08. The molecule has 0 spiro atoms. The molecule has 0 atom stereocenters. The Labute approximate surface area is 58.2 Å². The molecular formula is C6H10F2N2. The Morgan fingerprint density at radius 2 is 1.90 bits per heavy atom. The van der Waals surface area contributed by atoms with Gasteiger partial charge in [0, 0.05) is 11.8 Å². The molecule has 4 N–H and O–H groups in total. The summed E-state index contributed by atoms with van der Waals surface area (Å²) >= 11 is 0. The van der Waals surface area contributed by atoms with Crippen LogP contribution in [0.2, 0.25) is 0 Å². The van der Waals surface area contributed by atoms with Gasteiger partial charge in [0.25, 0.3) is 0 Å². The van der Waals surface area contributed by atoms with Gasteiger partial charge < -0.3 is 11.5 Å². The topological polar surface area (TPSA) is 52.0 Å². The van der Waals surface area contributed by atoms with Gasteiger partial charge in [-0.1, -0.05) is 6.92 Å². The fraction of sp³-hybridized carbons (Fsp3) is 0.333. The molecule has 0 aliphatic carbocycles. The standard InChI is InChI=1S/C6H10F2N2/c1-2-5(9)4(7)3-6(8)10/h3H,2,9-10H2,1H3/b5-4+,6-3-. The second-order valence-corrected chi connectivity index (χ2v) is 1.76. The van der Waals surface area contributed by atoms with Crippen LogP contribution >= 0.6 is 0 Å². The molecule has 0 aromatic heterocycles. The molecule has 0 aliphatic heterocycles. The number of halogens is 2. The van der Waals surface area contributed by atoms with Gasteiger partial charge in [-0.25, -0.2) is 4.39 Å². The predicted molar refractivity (Wildman–Crippen MR) is 36.0 cm³/mol. The smallest absolute Gasteiger partial charge is 0.187 e. The number of allylic oxidation sites excluding steroid dienone is 3. The van der Waals surface area contributed by atoms with Crippen LogP contribution < -0.4 is 11.5 Å². The Balaban J connectivity index is 4.33. The zero-order valence-corrected chi connectivity index (χ0v) is 5.70. The summed E-state index contributed by atoms with van der Waals surface area (Å²) in [4.78, 5) is 0. The highest BCUT2D eigenvalue weighted by Gasteiger charge is 1.96. The van der Waals surface area contributed by atoms with Crippen LogP contribution in [0.3, 0.4) is 0 Å². The van der Waals surface area contributed by atoms with Gasteiger partial charge in [-0.05, 0) is 6.42 Å². The Bertz CT molecular complexity index is 169. The van der Waals surface area contributed by atoms with Crippen molar-refractivity contribution in [1.29, 1.82) is 0 Å². The van der Waals surface area contributed by atoms with Gasteiger partial charge in [0.1, 0.15) is 5.83 Å². The van der Waals surface area contributed by atoms with Gasteiger partial charge in [0.2, 0.25) is 0 Å². The van der Waals surface area contributed by atoms with Gasteiger partial charge in [0.05, 0.1) is 0 Å². The van der Waals surface area contributed by atoms with Crippen LogP contribution in [0.4, 0.5) is 8.78 Å². The lowest BCUT2D eigenvalue weighted by Crippen LogP contribution is -1.98. The SMILES string of the molecule is CC/C(N)=C(F)/C=C(\N)F. The van der Waals surface area contributed by atoms with E-state index in [1.54, 1.807) is 6.92 Å². The lowest BCUT2D eigenvalue weighted by Gasteiger charge is -1.94. The molecule has 0 aromatic carbocycles. The second-order valence-electron chi connectivity index (χ2n) is 1.76. The molecule has 0 saturated carbocycles. The highest BCUT2D eigenvalue weighted by molar-refractivity contribution is 5.17. The molecule has 10 heavy (non-hydrogen) atoms. The summed E-state index contributed by atoms with van der Waals surface area (Å²) < 4.78 is 24.2. The lowest BCUT2D eigenvalue weighted by atomic mass is 10.3. The summed E-state index contributed by atoms with van der Waals surface area (Å²) in [6.45, 7) is 1.66. The summed E-state index contributed by atoms with van der Waals surface area (Å²) in [5, 5.41) is 0. The quantitative estimate of drug-likeness (QED) is 0.458. The monoisotopic (exact) mass is 148 g/mol. The van der Waals surface area contributed by atoms with Crippen LogP contribution in [-0.4, -0.2) is 0 Å². The Hall–Kier alpha value is -1.06. The fourth-order valence-electron chi connectivity index (χ4n) is 0.383. The lowest BCUT2D eigenvalue weighted by molar-refractivity contribution is 0.597. The van der Waals surface area contributed by atoms with Crippen LogP contribution in [0.5, 0.6) is 0 Å². The minimum absolute atomic E-state index is 0.000556.